The number of esters is 2. The molecule has 0 amide bonds. The van der Waals surface area contributed by atoms with Crippen molar-refractivity contribution in [2.24, 2.45) is 56.7 Å². The number of hydrogen-bond donors (Lipinski definition) is 9. The van der Waals surface area contributed by atoms with Gasteiger partial charge in [0.25, 0.3) is 0 Å². The van der Waals surface area contributed by atoms with Crippen molar-refractivity contribution >= 4 is 11.9 Å². The van der Waals surface area contributed by atoms with Crippen molar-refractivity contribution in [1.29, 1.82) is 0 Å². The maximum absolute atomic E-state index is 14.7. The van der Waals surface area contributed by atoms with E-state index in [-0.39, 0.29) is 52.6 Å². The molecular weight excluding hydrogens is 877 g/mol. The van der Waals surface area contributed by atoms with E-state index < -0.39 is 122 Å². The van der Waals surface area contributed by atoms with Crippen molar-refractivity contribution in [3.05, 3.63) is 11.6 Å². The highest BCUT2D eigenvalue weighted by Gasteiger charge is 2.70. The molecule has 0 aromatic rings. The molecule has 2 unspecified atom stereocenters. The van der Waals surface area contributed by atoms with Gasteiger partial charge in [-0.3, -0.25) is 9.59 Å². The first-order chi connectivity index (χ1) is 31.4. The van der Waals surface area contributed by atoms with E-state index in [9.17, 15) is 55.5 Å². The maximum Gasteiger partial charge on any atom is 0.315 e. The molecule has 3 aliphatic heterocycles. The lowest BCUT2D eigenvalue weighted by atomic mass is 9.33. The Morgan fingerprint density at radius 1 is 0.687 bits per heavy atom. The van der Waals surface area contributed by atoms with Gasteiger partial charge < -0.3 is 79.1 Å². The molecule has 4 saturated carbocycles. The zero-order valence-electron chi connectivity index (χ0n) is 40.3. The Hall–Kier alpha value is -1.88. The van der Waals surface area contributed by atoms with Crippen LogP contribution in [0.4, 0.5) is 0 Å². The van der Waals surface area contributed by atoms with Crippen LogP contribution in [0.15, 0.2) is 11.6 Å². The minimum Gasteiger partial charge on any atom is -0.454 e. The van der Waals surface area contributed by atoms with Gasteiger partial charge in [-0.1, -0.05) is 60.1 Å². The number of fused-ring (bicyclic) bond motifs is 7. The number of aliphatic hydroxyl groups excluding tert-OH is 9. The molecular formula is C49H78O18. The second-order valence-corrected chi connectivity index (χ2v) is 23.0. The molecule has 67 heavy (non-hydrogen) atoms. The topological polar surface area (TPSA) is 281 Å². The monoisotopic (exact) mass is 955 g/mol. The molecule has 5 aliphatic carbocycles. The average Bonchev–Trinajstić information content (AvgIpc) is 3.27. The molecule has 8 rings (SSSR count). The molecule has 0 aromatic carbocycles. The molecule has 7 fully saturated rings. The zero-order chi connectivity index (χ0) is 48.9. The van der Waals surface area contributed by atoms with E-state index in [1.54, 1.807) is 0 Å². The quantitative estimate of drug-likeness (QED) is 0.0892. The molecule has 24 atom stereocenters. The lowest BCUT2D eigenvalue weighted by molar-refractivity contribution is -0.357. The fraction of sp³-hybridized carbons (Fsp3) is 0.918. The number of aliphatic hydroxyl groups is 9. The first-order valence-corrected chi connectivity index (χ1v) is 24.7. The van der Waals surface area contributed by atoms with Crippen LogP contribution in [0.3, 0.4) is 0 Å². The van der Waals surface area contributed by atoms with E-state index in [0.29, 0.717) is 25.2 Å². The molecule has 0 spiro atoms. The fourth-order valence-corrected chi connectivity index (χ4v) is 15.3. The highest BCUT2D eigenvalue weighted by atomic mass is 16.7. The summed E-state index contributed by atoms with van der Waals surface area (Å²) in [6, 6.07) is 0. The zero-order valence-corrected chi connectivity index (χ0v) is 40.3. The molecule has 0 bridgehead atoms. The van der Waals surface area contributed by atoms with Crippen molar-refractivity contribution in [3.8, 4) is 0 Å². The summed E-state index contributed by atoms with van der Waals surface area (Å²) in [6.07, 6.45) is -11.9. The van der Waals surface area contributed by atoms with Gasteiger partial charge in [-0.15, -0.1) is 0 Å². The van der Waals surface area contributed by atoms with Crippen LogP contribution in [0.5, 0.6) is 0 Å². The van der Waals surface area contributed by atoms with Crippen LogP contribution in [0.25, 0.3) is 0 Å². The van der Waals surface area contributed by atoms with Crippen molar-refractivity contribution in [3.63, 3.8) is 0 Å². The number of rotatable bonds is 9. The summed E-state index contributed by atoms with van der Waals surface area (Å²) in [4.78, 5) is 27.3. The van der Waals surface area contributed by atoms with E-state index in [2.05, 4.69) is 54.5 Å². The molecule has 0 aromatic heterocycles. The Balaban J connectivity index is 1.03. The van der Waals surface area contributed by atoms with Gasteiger partial charge in [0, 0.05) is 6.92 Å². The Morgan fingerprint density at radius 3 is 1.94 bits per heavy atom. The van der Waals surface area contributed by atoms with Crippen LogP contribution in [-0.2, 0) is 42.7 Å². The molecule has 8 aliphatic rings. The van der Waals surface area contributed by atoms with Crippen LogP contribution in [-0.4, -0.2) is 170 Å². The van der Waals surface area contributed by atoms with Crippen molar-refractivity contribution in [1.82, 2.24) is 0 Å². The summed E-state index contributed by atoms with van der Waals surface area (Å²) in [5, 5.41) is 94.1. The Bertz CT molecular complexity index is 1840. The molecule has 18 heteroatoms. The lowest BCUT2D eigenvalue weighted by Crippen LogP contribution is -2.66. The van der Waals surface area contributed by atoms with Crippen LogP contribution in [0, 0.1) is 56.7 Å². The molecule has 3 heterocycles. The number of ether oxygens (including phenoxy) is 7. The van der Waals surface area contributed by atoms with E-state index in [4.69, 9.17) is 33.2 Å². The van der Waals surface area contributed by atoms with Crippen molar-refractivity contribution < 1.29 is 88.7 Å². The fourth-order valence-electron chi connectivity index (χ4n) is 15.3. The van der Waals surface area contributed by atoms with Gasteiger partial charge in [-0.2, -0.15) is 0 Å². The number of hydrogen-bond acceptors (Lipinski definition) is 18. The molecule has 0 radical (unpaired) electrons. The van der Waals surface area contributed by atoms with Gasteiger partial charge in [-0.25, -0.2) is 0 Å². The first-order valence-electron chi connectivity index (χ1n) is 24.7. The predicted octanol–water partition coefficient (Wildman–Crippen LogP) is 1.21. The standard InChI is InChI=1S/C49H78O18/c1-22-11-16-49(44(60)67-42-38(59)36(57)34(55)28(20-51)64-42)18-17-47(7)25(32(49)23(22)2)9-10-30-46(6)14-13-31(45(4,5)29(46)12-15-48(30,47)8)65-43-40(62-24(3)52)39(26(53)21-61-43)66-41-37(58)35(56)33(54)27(19-50)63-41/h9,22-23,26-43,50-51,53-59H,10-21H2,1-8H3/t22-,23+,26+,27-,28-,29?,30?,31+,32+,33-,34-,35+,36+,37-,38-,39+,40-,41+,42+,43+,46+,47-,48-,49+/m1/s1. The second-order valence-electron chi connectivity index (χ2n) is 23.0. The smallest absolute Gasteiger partial charge is 0.315 e. The van der Waals surface area contributed by atoms with Gasteiger partial charge in [-0.05, 0) is 109 Å². The summed E-state index contributed by atoms with van der Waals surface area (Å²) in [6.45, 7) is 15.8. The summed E-state index contributed by atoms with van der Waals surface area (Å²) < 4.78 is 41.9. The maximum atomic E-state index is 14.7. The summed E-state index contributed by atoms with van der Waals surface area (Å²) in [5.74, 6) is -0.354. The van der Waals surface area contributed by atoms with Crippen LogP contribution < -0.4 is 0 Å². The molecule has 9 N–H and O–H groups in total. The number of carbonyl (C=O) groups is 2. The summed E-state index contributed by atoms with van der Waals surface area (Å²) >= 11 is 0. The van der Waals surface area contributed by atoms with E-state index in [1.165, 1.54) is 12.5 Å². The average molecular weight is 955 g/mol. The third-order valence-electron chi connectivity index (χ3n) is 19.5. The normalized spacial score (nSPS) is 52.9. The van der Waals surface area contributed by atoms with E-state index in [0.717, 1.165) is 38.5 Å². The minimum absolute atomic E-state index is 0.128. The molecule has 3 saturated heterocycles. The van der Waals surface area contributed by atoms with Crippen molar-refractivity contribution in [2.75, 3.05) is 19.8 Å². The SMILES string of the molecule is CC(=O)O[C@H]1[C@H](O[C@H]2CC[C@@]3(C)C(CC[C@]4(C)C3CC=C3[C@@H]5[C@@H](C)[C@H](C)CC[C@]5(C(=O)O[C@@H]5O[C@H](CO)[C@@H](O)[C@H](O)[C@H]5O)CC[C@]34C)C2(C)C)OC[C@H](O)[C@@H]1O[C@@H]1O[C@H](CO)[C@@H](O)[C@H](O)[C@H]1O. The minimum atomic E-state index is -1.75. The Kier molecular flexibility index (Phi) is 14.3. The predicted molar refractivity (Wildman–Crippen MR) is 234 cm³/mol. The van der Waals surface area contributed by atoms with Gasteiger partial charge in [0.2, 0.25) is 6.29 Å². The first kappa shape index (κ1) is 51.5. The van der Waals surface area contributed by atoms with Gasteiger partial charge >= 0.3 is 11.9 Å². The highest BCUT2D eigenvalue weighted by Crippen LogP contribution is 2.76. The highest BCUT2D eigenvalue weighted by molar-refractivity contribution is 5.79. The van der Waals surface area contributed by atoms with E-state index >= 15 is 0 Å². The Morgan fingerprint density at radius 2 is 1.31 bits per heavy atom. The number of carbonyl (C=O) groups excluding carboxylic acids is 2. The Labute approximate surface area is 393 Å². The summed E-state index contributed by atoms with van der Waals surface area (Å²) in [5.41, 5.74) is -0.536. The largest absolute Gasteiger partial charge is 0.454 e. The molecule has 382 valence electrons. The third-order valence-corrected chi connectivity index (χ3v) is 19.5. The van der Waals surface area contributed by atoms with Crippen molar-refractivity contribution in [2.45, 2.75) is 205 Å². The van der Waals surface area contributed by atoms with Gasteiger partial charge in [0.15, 0.2) is 18.7 Å². The van der Waals surface area contributed by atoms with E-state index in [1.807, 2.05) is 0 Å². The van der Waals surface area contributed by atoms with Crippen LogP contribution in [0.2, 0.25) is 0 Å². The number of allylic oxidation sites excluding steroid dienone is 2. The van der Waals surface area contributed by atoms with Crippen LogP contribution in [0.1, 0.15) is 113 Å². The molecule has 18 nitrogen and oxygen atoms in total. The lowest BCUT2D eigenvalue weighted by Gasteiger charge is -2.71. The van der Waals surface area contributed by atoms with Gasteiger partial charge in [0.05, 0.1) is 31.3 Å². The van der Waals surface area contributed by atoms with Gasteiger partial charge in [0.1, 0.15) is 61.0 Å². The third kappa shape index (κ3) is 8.16. The second kappa shape index (κ2) is 18.6. The summed E-state index contributed by atoms with van der Waals surface area (Å²) in [7, 11) is 0. The van der Waals surface area contributed by atoms with Crippen LogP contribution >= 0.6 is 0 Å².